The molecule has 1 atom stereocenters. The molecule has 0 aromatic heterocycles. The van der Waals surface area contributed by atoms with Crippen LogP contribution in [0.3, 0.4) is 0 Å². The predicted octanol–water partition coefficient (Wildman–Crippen LogP) is 3.24. The van der Waals surface area contributed by atoms with E-state index < -0.39 is 16.1 Å². The molecule has 0 saturated carbocycles. The molecule has 2 N–H and O–H groups in total. The number of sulfonamides is 1. The molecule has 3 aromatic carbocycles. The summed E-state index contributed by atoms with van der Waals surface area (Å²) in [7, 11) is -3.59. The van der Waals surface area contributed by atoms with Crippen LogP contribution in [0.4, 0.5) is 0 Å². The second-order valence-electron chi connectivity index (χ2n) is 5.62. The van der Waals surface area contributed by atoms with Crippen molar-refractivity contribution in [2.75, 3.05) is 6.54 Å². The second kappa shape index (κ2) is 7.13. The van der Waals surface area contributed by atoms with Crippen LogP contribution in [0.5, 0.6) is 0 Å². The van der Waals surface area contributed by atoms with Gasteiger partial charge in [0.15, 0.2) is 0 Å². The Balaban J connectivity index is 1.67. The number of nitrogens with one attached hydrogen (secondary N) is 1. The van der Waals surface area contributed by atoms with Gasteiger partial charge in [-0.3, -0.25) is 0 Å². The first-order valence-corrected chi connectivity index (χ1v) is 9.26. The lowest BCUT2D eigenvalue weighted by atomic mass is 10.1. The van der Waals surface area contributed by atoms with Gasteiger partial charge in [0, 0.05) is 6.54 Å². The summed E-state index contributed by atoms with van der Waals surface area (Å²) in [5.74, 6) is 0. The van der Waals surface area contributed by atoms with Crippen LogP contribution in [0.15, 0.2) is 77.7 Å². The van der Waals surface area contributed by atoms with Crippen molar-refractivity contribution in [1.82, 2.24) is 4.72 Å². The van der Waals surface area contributed by atoms with Crippen molar-refractivity contribution >= 4 is 20.8 Å². The quantitative estimate of drug-likeness (QED) is 0.723. The van der Waals surface area contributed by atoms with Gasteiger partial charge >= 0.3 is 0 Å². The smallest absolute Gasteiger partial charge is 0.240 e. The maximum Gasteiger partial charge on any atom is 0.240 e. The molecule has 0 spiro atoms. The molecule has 0 aliphatic rings. The second-order valence-corrected chi connectivity index (χ2v) is 7.39. The van der Waals surface area contributed by atoms with E-state index >= 15 is 0 Å². The van der Waals surface area contributed by atoms with Gasteiger partial charge in [0.1, 0.15) is 0 Å². The van der Waals surface area contributed by atoms with E-state index in [1.165, 1.54) is 0 Å². The molecule has 24 heavy (non-hydrogen) atoms. The van der Waals surface area contributed by atoms with Gasteiger partial charge in [-0.1, -0.05) is 60.7 Å². The minimum atomic E-state index is -3.59. The first kappa shape index (κ1) is 16.6. The maximum atomic E-state index is 12.4. The Morgan fingerprint density at radius 3 is 2.29 bits per heavy atom. The molecular weight excluding hydrogens is 322 g/mol. The Kier molecular flexibility index (Phi) is 4.94. The van der Waals surface area contributed by atoms with E-state index in [1.807, 2.05) is 54.6 Å². The zero-order chi connectivity index (χ0) is 17.0. The highest BCUT2D eigenvalue weighted by Crippen LogP contribution is 2.19. The van der Waals surface area contributed by atoms with Gasteiger partial charge in [-0.15, -0.1) is 0 Å². The summed E-state index contributed by atoms with van der Waals surface area (Å²) in [4.78, 5) is 0.232. The number of rotatable bonds is 6. The number of aliphatic hydroxyl groups excluding tert-OH is 1. The predicted molar refractivity (Wildman–Crippen MR) is 95.2 cm³/mol. The van der Waals surface area contributed by atoms with E-state index in [1.54, 1.807) is 18.2 Å². The SMILES string of the molecule is O=S(=O)(NCCC(O)c1ccccc1)c1ccc2ccccc2c1. The number of fused-ring (bicyclic) bond motifs is 1. The molecule has 0 fully saturated rings. The van der Waals surface area contributed by atoms with Gasteiger partial charge in [0.2, 0.25) is 10.0 Å². The first-order valence-electron chi connectivity index (χ1n) is 7.78. The topological polar surface area (TPSA) is 66.4 Å². The summed E-state index contributed by atoms with van der Waals surface area (Å²) in [5, 5.41) is 12.0. The van der Waals surface area contributed by atoms with E-state index in [0.717, 1.165) is 16.3 Å². The molecule has 0 amide bonds. The fraction of sp³-hybridized carbons (Fsp3) is 0.158. The van der Waals surface area contributed by atoms with E-state index in [9.17, 15) is 13.5 Å². The first-order chi connectivity index (χ1) is 11.6. The van der Waals surface area contributed by atoms with Crippen molar-refractivity contribution in [3.05, 3.63) is 78.4 Å². The van der Waals surface area contributed by atoms with E-state index in [-0.39, 0.29) is 11.4 Å². The molecule has 3 aromatic rings. The molecule has 0 bridgehead atoms. The van der Waals surface area contributed by atoms with Gasteiger partial charge in [-0.2, -0.15) is 0 Å². The maximum absolute atomic E-state index is 12.4. The minimum absolute atomic E-state index is 0.172. The Hall–Kier alpha value is -2.21. The monoisotopic (exact) mass is 341 g/mol. The number of hydrogen-bond acceptors (Lipinski definition) is 3. The Bertz CT molecular complexity index is 924. The zero-order valence-corrected chi connectivity index (χ0v) is 13.9. The fourth-order valence-corrected chi connectivity index (χ4v) is 3.67. The fourth-order valence-electron chi connectivity index (χ4n) is 2.59. The minimum Gasteiger partial charge on any atom is -0.388 e. The van der Waals surface area contributed by atoms with Crippen LogP contribution in [-0.4, -0.2) is 20.1 Å². The summed E-state index contributed by atoms with van der Waals surface area (Å²) in [5.41, 5.74) is 0.780. The third-order valence-corrected chi connectivity index (χ3v) is 5.38. The van der Waals surface area contributed by atoms with Gasteiger partial charge in [-0.25, -0.2) is 13.1 Å². The zero-order valence-electron chi connectivity index (χ0n) is 13.1. The third kappa shape index (κ3) is 3.82. The highest BCUT2D eigenvalue weighted by atomic mass is 32.2. The van der Waals surface area contributed by atoms with Crippen LogP contribution in [0, 0.1) is 0 Å². The van der Waals surface area contributed by atoms with Gasteiger partial charge in [-0.05, 0) is 34.9 Å². The molecule has 3 rings (SSSR count). The molecule has 0 saturated heterocycles. The lowest BCUT2D eigenvalue weighted by Gasteiger charge is -2.12. The lowest BCUT2D eigenvalue weighted by molar-refractivity contribution is 0.169. The molecule has 0 aliphatic heterocycles. The Labute approximate surface area is 141 Å². The van der Waals surface area contributed by atoms with Crippen LogP contribution < -0.4 is 4.72 Å². The number of benzene rings is 3. The largest absolute Gasteiger partial charge is 0.388 e. The van der Waals surface area contributed by atoms with Crippen LogP contribution in [-0.2, 0) is 10.0 Å². The summed E-state index contributed by atoms with van der Waals surface area (Å²) >= 11 is 0. The van der Waals surface area contributed by atoms with Gasteiger partial charge < -0.3 is 5.11 Å². The Morgan fingerprint density at radius 2 is 1.54 bits per heavy atom. The van der Waals surface area contributed by atoms with Crippen LogP contribution in [0.2, 0.25) is 0 Å². The molecule has 0 heterocycles. The van der Waals surface area contributed by atoms with E-state index in [2.05, 4.69) is 4.72 Å². The summed E-state index contributed by atoms with van der Waals surface area (Å²) in [6.07, 6.45) is -0.373. The van der Waals surface area contributed by atoms with Crippen LogP contribution in [0.1, 0.15) is 18.1 Å². The average Bonchev–Trinajstić information content (AvgIpc) is 2.62. The van der Waals surface area contributed by atoms with Crippen molar-refractivity contribution in [3.63, 3.8) is 0 Å². The van der Waals surface area contributed by atoms with Gasteiger partial charge in [0.05, 0.1) is 11.0 Å². The summed E-state index contributed by atoms with van der Waals surface area (Å²) in [6, 6.07) is 21.9. The summed E-state index contributed by atoms with van der Waals surface area (Å²) < 4.78 is 27.4. The van der Waals surface area contributed by atoms with Crippen molar-refractivity contribution in [3.8, 4) is 0 Å². The van der Waals surface area contributed by atoms with Crippen molar-refractivity contribution in [2.45, 2.75) is 17.4 Å². The highest BCUT2D eigenvalue weighted by molar-refractivity contribution is 7.89. The molecule has 4 nitrogen and oxygen atoms in total. The van der Waals surface area contributed by atoms with Crippen molar-refractivity contribution in [2.24, 2.45) is 0 Å². The lowest BCUT2D eigenvalue weighted by Crippen LogP contribution is -2.26. The molecule has 0 radical (unpaired) electrons. The van der Waals surface area contributed by atoms with Crippen molar-refractivity contribution < 1.29 is 13.5 Å². The van der Waals surface area contributed by atoms with Gasteiger partial charge in [0.25, 0.3) is 0 Å². The molecule has 5 heteroatoms. The highest BCUT2D eigenvalue weighted by Gasteiger charge is 2.15. The normalized spacial score (nSPS) is 13.0. The van der Waals surface area contributed by atoms with Crippen LogP contribution in [0.25, 0.3) is 10.8 Å². The summed E-state index contributed by atoms with van der Waals surface area (Å²) in [6.45, 7) is 0.172. The molecular formula is C19H19NO3S. The average molecular weight is 341 g/mol. The number of aliphatic hydroxyl groups is 1. The van der Waals surface area contributed by atoms with Crippen molar-refractivity contribution in [1.29, 1.82) is 0 Å². The molecule has 1 unspecified atom stereocenters. The number of hydrogen-bond donors (Lipinski definition) is 2. The third-order valence-electron chi connectivity index (χ3n) is 3.93. The molecule has 124 valence electrons. The standard InChI is InChI=1S/C19H19NO3S/c21-19(16-7-2-1-3-8-16)12-13-20-24(22,23)18-11-10-15-6-4-5-9-17(15)14-18/h1-11,14,19-21H,12-13H2. The molecule has 0 aliphatic carbocycles. The van der Waals surface area contributed by atoms with E-state index in [0.29, 0.717) is 6.42 Å². The van der Waals surface area contributed by atoms with Crippen LogP contribution >= 0.6 is 0 Å². The van der Waals surface area contributed by atoms with E-state index in [4.69, 9.17) is 0 Å². The Morgan fingerprint density at radius 1 is 0.875 bits per heavy atom.